The van der Waals surface area contributed by atoms with Crippen LogP contribution in [-0.4, -0.2) is 34.1 Å². The van der Waals surface area contributed by atoms with Gasteiger partial charge in [0.15, 0.2) is 0 Å². The Morgan fingerprint density at radius 3 is 2.52 bits per heavy atom. The Morgan fingerprint density at radius 2 is 1.85 bits per heavy atom. The smallest absolute Gasteiger partial charge is 0.265 e. The summed E-state index contributed by atoms with van der Waals surface area (Å²) in [6.45, 7) is 2.00. The van der Waals surface area contributed by atoms with E-state index in [9.17, 15) is 13.2 Å². The zero-order valence-corrected chi connectivity index (χ0v) is 16.6. The molecule has 0 radical (unpaired) electrons. The van der Waals surface area contributed by atoms with Crippen molar-refractivity contribution in [2.75, 3.05) is 19.0 Å². The number of carbonyl (C=O) groups is 1. The van der Waals surface area contributed by atoms with E-state index in [0.717, 1.165) is 10.1 Å². The lowest BCUT2D eigenvalue weighted by Gasteiger charge is -2.13. The summed E-state index contributed by atoms with van der Waals surface area (Å²) in [5, 5.41) is 3.81. The highest BCUT2D eigenvalue weighted by atomic mass is 32.2. The SMILES string of the molecule is COCC(C)NS(=O)(=O)c1ccc(NC(=O)c2cc3ccccc3s2)cc1. The summed E-state index contributed by atoms with van der Waals surface area (Å²) >= 11 is 1.41. The largest absolute Gasteiger partial charge is 0.383 e. The number of fused-ring (bicyclic) bond motifs is 1. The summed E-state index contributed by atoms with van der Waals surface area (Å²) in [6.07, 6.45) is 0. The van der Waals surface area contributed by atoms with Crippen molar-refractivity contribution >= 4 is 43.0 Å². The fraction of sp³-hybridized carbons (Fsp3) is 0.211. The predicted molar refractivity (Wildman–Crippen MR) is 108 cm³/mol. The van der Waals surface area contributed by atoms with Crippen molar-refractivity contribution in [3.63, 3.8) is 0 Å². The number of rotatable bonds is 7. The van der Waals surface area contributed by atoms with E-state index in [2.05, 4.69) is 10.0 Å². The number of sulfonamides is 1. The van der Waals surface area contributed by atoms with Crippen LogP contribution in [0, 0.1) is 0 Å². The predicted octanol–water partition coefficient (Wildman–Crippen LogP) is 3.47. The maximum atomic E-state index is 12.4. The van der Waals surface area contributed by atoms with E-state index in [1.54, 1.807) is 19.1 Å². The lowest BCUT2D eigenvalue weighted by Crippen LogP contribution is -2.35. The summed E-state index contributed by atoms with van der Waals surface area (Å²) in [5.74, 6) is -0.223. The van der Waals surface area contributed by atoms with Gasteiger partial charge in [-0.3, -0.25) is 4.79 Å². The molecule has 1 atom stereocenters. The Labute approximate surface area is 162 Å². The van der Waals surface area contributed by atoms with Crippen LogP contribution in [0.4, 0.5) is 5.69 Å². The molecule has 2 N–H and O–H groups in total. The van der Waals surface area contributed by atoms with Crippen LogP contribution in [0.25, 0.3) is 10.1 Å². The maximum Gasteiger partial charge on any atom is 0.265 e. The van der Waals surface area contributed by atoms with Gasteiger partial charge in [0.25, 0.3) is 5.91 Å². The zero-order valence-electron chi connectivity index (χ0n) is 14.9. The molecule has 0 fully saturated rings. The number of anilines is 1. The Bertz CT molecular complexity index is 1010. The standard InChI is InChI=1S/C19H20N2O4S2/c1-13(12-25-2)21-27(23,24)16-9-7-15(8-10-16)20-19(22)18-11-14-5-3-4-6-17(14)26-18/h3-11,13,21H,12H2,1-2H3,(H,20,22). The molecule has 8 heteroatoms. The van der Waals surface area contributed by atoms with Gasteiger partial charge in [0, 0.05) is 23.5 Å². The molecule has 0 bridgehead atoms. The lowest BCUT2D eigenvalue weighted by atomic mass is 10.2. The van der Waals surface area contributed by atoms with Gasteiger partial charge in [-0.15, -0.1) is 11.3 Å². The average molecular weight is 405 g/mol. The fourth-order valence-electron chi connectivity index (χ4n) is 2.62. The minimum Gasteiger partial charge on any atom is -0.383 e. The molecular weight excluding hydrogens is 384 g/mol. The molecular formula is C19H20N2O4S2. The lowest BCUT2D eigenvalue weighted by molar-refractivity contribution is 0.103. The van der Waals surface area contributed by atoms with Gasteiger partial charge >= 0.3 is 0 Å². The van der Waals surface area contributed by atoms with Gasteiger partial charge in [0.2, 0.25) is 10.0 Å². The van der Waals surface area contributed by atoms with Crippen molar-refractivity contribution < 1.29 is 17.9 Å². The number of carbonyl (C=O) groups excluding carboxylic acids is 1. The van der Waals surface area contributed by atoms with E-state index < -0.39 is 10.0 Å². The Kier molecular flexibility index (Phi) is 5.91. The topological polar surface area (TPSA) is 84.5 Å². The van der Waals surface area contributed by atoms with Gasteiger partial charge in [0.1, 0.15) is 0 Å². The van der Waals surface area contributed by atoms with Gasteiger partial charge in [-0.05, 0) is 48.7 Å². The number of amides is 1. The van der Waals surface area contributed by atoms with Crippen LogP contribution < -0.4 is 10.0 Å². The van der Waals surface area contributed by atoms with Gasteiger partial charge in [-0.25, -0.2) is 13.1 Å². The molecule has 3 aromatic rings. The first-order valence-electron chi connectivity index (χ1n) is 8.30. The molecule has 1 heterocycles. The average Bonchev–Trinajstić information content (AvgIpc) is 3.06. The Hall–Kier alpha value is -2.26. The molecule has 3 rings (SSSR count). The number of thiophene rings is 1. The van der Waals surface area contributed by atoms with E-state index >= 15 is 0 Å². The van der Waals surface area contributed by atoms with Crippen LogP contribution in [0.3, 0.4) is 0 Å². The molecule has 2 aromatic carbocycles. The molecule has 0 spiro atoms. The van der Waals surface area contributed by atoms with E-state index in [4.69, 9.17) is 4.74 Å². The van der Waals surface area contributed by atoms with Gasteiger partial charge in [-0.2, -0.15) is 0 Å². The molecule has 0 aliphatic carbocycles. The van der Waals surface area contributed by atoms with E-state index in [1.165, 1.54) is 30.6 Å². The summed E-state index contributed by atoms with van der Waals surface area (Å²) < 4.78 is 33.2. The van der Waals surface area contributed by atoms with Crippen molar-refractivity contribution in [3.8, 4) is 0 Å². The number of benzene rings is 2. The first kappa shape index (κ1) is 19.5. The molecule has 1 amide bonds. The minimum atomic E-state index is -3.64. The van der Waals surface area contributed by atoms with Gasteiger partial charge in [0.05, 0.1) is 16.4 Å². The third kappa shape index (κ3) is 4.72. The molecule has 142 valence electrons. The normalized spacial score (nSPS) is 12.8. The fourth-order valence-corrected chi connectivity index (χ4v) is 4.81. The van der Waals surface area contributed by atoms with Crippen LogP contribution >= 0.6 is 11.3 Å². The van der Waals surface area contributed by atoms with Gasteiger partial charge in [-0.1, -0.05) is 18.2 Å². The zero-order chi connectivity index (χ0) is 19.4. The highest BCUT2D eigenvalue weighted by Gasteiger charge is 2.17. The molecule has 1 aromatic heterocycles. The molecule has 6 nitrogen and oxygen atoms in total. The molecule has 0 saturated carbocycles. The molecule has 0 saturated heterocycles. The third-order valence-electron chi connectivity index (χ3n) is 3.84. The van der Waals surface area contributed by atoms with Gasteiger partial charge < -0.3 is 10.1 Å². The second-order valence-electron chi connectivity index (χ2n) is 6.10. The number of methoxy groups -OCH3 is 1. The summed E-state index contributed by atoms with van der Waals surface area (Å²) in [4.78, 5) is 13.2. The van der Waals surface area contributed by atoms with Crippen molar-refractivity contribution in [1.29, 1.82) is 0 Å². The molecule has 1 unspecified atom stereocenters. The van der Waals surface area contributed by atoms with Crippen molar-refractivity contribution in [2.45, 2.75) is 17.9 Å². The molecule has 0 aliphatic heterocycles. The highest BCUT2D eigenvalue weighted by Crippen LogP contribution is 2.26. The monoisotopic (exact) mass is 404 g/mol. The number of hydrogen-bond donors (Lipinski definition) is 2. The maximum absolute atomic E-state index is 12.4. The first-order chi connectivity index (χ1) is 12.9. The third-order valence-corrected chi connectivity index (χ3v) is 6.57. The summed E-state index contributed by atoms with van der Waals surface area (Å²) in [5.41, 5.74) is 0.529. The van der Waals surface area contributed by atoms with Crippen LogP contribution in [0.5, 0.6) is 0 Å². The summed E-state index contributed by atoms with van der Waals surface area (Å²) in [6, 6.07) is 15.3. The second-order valence-corrected chi connectivity index (χ2v) is 8.90. The van der Waals surface area contributed by atoms with Crippen LogP contribution in [0.2, 0.25) is 0 Å². The number of ether oxygens (including phenoxy) is 1. The number of nitrogens with one attached hydrogen (secondary N) is 2. The Balaban J connectivity index is 1.70. The Morgan fingerprint density at radius 1 is 1.15 bits per heavy atom. The quantitative estimate of drug-likeness (QED) is 0.632. The van der Waals surface area contributed by atoms with E-state index in [1.807, 2.05) is 30.3 Å². The molecule has 0 aliphatic rings. The van der Waals surface area contributed by atoms with E-state index in [-0.39, 0.29) is 23.5 Å². The van der Waals surface area contributed by atoms with Crippen LogP contribution in [0.1, 0.15) is 16.6 Å². The molecule has 27 heavy (non-hydrogen) atoms. The van der Waals surface area contributed by atoms with E-state index in [0.29, 0.717) is 10.6 Å². The van der Waals surface area contributed by atoms with Crippen molar-refractivity contribution in [2.24, 2.45) is 0 Å². The first-order valence-corrected chi connectivity index (χ1v) is 10.6. The highest BCUT2D eigenvalue weighted by molar-refractivity contribution is 7.89. The van der Waals surface area contributed by atoms with Crippen molar-refractivity contribution in [1.82, 2.24) is 4.72 Å². The second kappa shape index (κ2) is 8.18. The van der Waals surface area contributed by atoms with Crippen LogP contribution in [0.15, 0.2) is 59.5 Å². The summed E-state index contributed by atoms with van der Waals surface area (Å²) in [7, 11) is -2.12. The van der Waals surface area contributed by atoms with Crippen LogP contribution in [-0.2, 0) is 14.8 Å². The van der Waals surface area contributed by atoms with Crippen molar-refractivity contribution in [3.05, 3.63) is 59.5 Å². The minimum absolute atomic E-state index is 0.130. The number of hydrogen-bond acceptors (Lipinski definition) is 5.